The molecule has 0 radical (unpaired) electrons. The number of rotatable bonds is 3. The zero-order chi connectivity index (χ0) is 12.4. The van der Waals surface area contributed by atoms with Crippen LogP contribution in [0, 0.1) is 6.92 Å². The van der Waals surface area contributed by atoms with Crippen molar-refractivity contribution in [3.63, 3.8) is 0 Å². The van der Waals surface area contributed by atoms with Gasteiger partial charge in [-0.1, -0.05) is 28.9 Å². The fourth-order valence-corrected chi connectivity index (χ4v) is 2.29. The standard InChI is InChI=1S/C12H12Br2N2O/c1-3-9(13)12-16-15-11(17-12)8-5-4-7(2)6-10(8)14/h4-6,9H,3H2,1-2H3. The second-order valence-electron chi connectivity index (χ2n) is 3.80. The van der Waals surface area contributed by atoms with Crippen molar-refractivity contribution in [3.8, 4) is 11.5 Å². The minimum atomic E-state index is 0.118. The molecule has 2 rings (SSSR count). The predicted molar refractivity (Wildman–Crippen MR) is 74.1 cm³/mol. The second-order valence-corrected chi connectivity index (χ2v) is 5.76. The molecule has 3 nitrogen and oxygen atoms in total. The summed E-state index contributed by atoms with van der Waals surface area (Å²) in [5.41, 5.74) is 2.11. The molecule has 0 N–H and O–H groups in total. The SMILES string of the molecule is CCC(Br)c1nnc(-c2ccc(C)cc2Br)o1. The molecule has 0 aliphatic rings. The average molecular weight is 360 g/mol. The number of hydrogen-bond donors (Lipinski definition) is 0. The summed E-state index contributed by atoms with van der Waals surface area (Å²) in [4.78, 5) is 0.118. The number of nitrogens with zero attached hydrogens (tertiary/aromatic N) is 2. The Bertz CT molecular complexity index is 525. The summed E-state index contributed by atoms with van der Waals surface area (Å²) in [6.07, 6.45) is 0.913. The van der Waals surface area contributed by atoms with Gasteiger partial charge in [0.1, 0.15) is 0 Å². The summed E-state index contributed by atoms with van der Waals surface area (Å²) < 4.78 is 6.61. The van der Waals surface area contributed by atoms with Crippen molar-refractivity contribution < 1.29 is 4.42 Å². The highest BCUT2D eigenvalue weighted by atomic mass is 79.9. The number of alkyl halides is 1. The van der Waals surface area contributed by atoms with E-state index in [0.717, 1.165) is 16.5 Å². The summed E-state index contributed by atoms with van der Waals surface area (Å²) in [6.45, 7) is 4.10. The van der Waals surface area contributed by atoms with E-state index in [9.17, 15) is 0 Å². The molecule has 1 unspecified atom stereocenters. The Morgan fingerprint density at radius 2 is 2.12 bits per heavy atom. The van der Waals surface area contributed by atoms with Crippen molar-refractivity contribution in [1.29, 1.82) is 0 Å². The first-order valence-electron chi connectivity index (χ1n) is 5.35. The maximum absolute atomic E-state index is 5.64. The summed E-state index contributed by atoms with van der Waals surface area (Å²) in [5.74, 6) is 1.17. The van der Waals surface area contributed by atoms with Crippen LogP contribution in [0.15, 0.2) is 27.1 Å². The van der Waals surface area contributed by atoms with E-state index in [4.69, 9.17) is 4.42 Å². The van der Waals surface area contributed by atoms with Crippen LogP contribution in [0.5, 0.6) is 0 Å². The van der Waals surface area contributed by atoms with E-state index in [2.05, 4.69) is 49.0 Å². The third kappa shape index (κ3) is 2.77. The van der Waals surface area contributed by atoms with Gasteiger partial charge in [-0.2, -0.15) is 0 Å². The zero-order valence-electron chi connectivity index (χ0n) is 9.58. The summed E-state index contributed by atoms with van der Waals surface area (Å²) in [7, 11) is 0. The van der Waals surface area contributed by atoms with Crippen LogP contribution < -0.4 is 0 Å². The molecule has 1 aromatic heterocycles. The number of benzene rings is 1. The second kappa shape index (κ2) is 5.31. The minimum Gasteiger partial charge on any atom is -0.419 e. The van der Waals surface area contributed by atoms with Crippen molar-refractivity contribution in [2.45, 2.75) is 25.1 Å². The van der Waals surface area contributed by atoms with E-state index in [1.807, 2.05) is 25.1 Å². The van der Waals surface area contributed by atoms with Crippen molar-refractivity contribution in [2.75, 3.05) is 0 Å². The smallest absolute Gasteiger partial charge is 0.248 e. The van der Waals surface area contributed by atoms with Gasteiger partial charge in [0.05, 0.1) is 10.4 Å². The number of aryl methyl sites for hydroxylation is 1. The van der Waals surface area contributed by atoms with E-state index < -0.39 is 0 Å². The lowest BCUT2D eigenvalue weighted by atomic mass is 10.1. The van der Waals surface area contributed by atoms with E-state index >= 15 is 0 Å². The molecule has 5 heteroatoms. The fourth-order valence-electron chi connectivity index (χ4n) is 1.44. The lowest BCUT2D eigenvalue weighted by Crippen LogP contribution is -1.86. The Balaban J connectivity index is 2.37. The fraction of sp³-hybridized carbons (Fsp3) is 0.333. The molecule has 0 aliphatic carbocycles. The molecule has 0 fully saturated rings. The first-order valence-corrected chi connectivity index (χ1v) is 7.06. The molecule has 1 heterocycles. The lowest BCUT2D eigenvalue weighted by Gasteiger charge is -2.01. The van der Waals surface area contributed by atoms with Crippen molar-refractivity contribution in [1.82, 2.24) is 10.2 Å². The molecule has 1 atom stereocenters. The van der Waals surface area contributed by atoms with Crippen molar-refractivity contribution >= 4 is 31.9 Å². The summed E-state index contributed by atoms with van der Waals surface area (Å²) >= 11 is 7.00. The van der Waals surface area contributed by atoms with Crippen LogP contribution in [0.1, 0.15) is 29.6 Å². The van der Waals surface area contributed by atoms with Gasteiger partial charge in [-0.3, -0.25) is 0 Å². The summed E-state index contributed by atoms with van der Waals surface area (Å²) in [6, 6.07) is 6.03. The van der Waals surface area contributed by atoms with Gasteiger partial charge in [0.2, 0.25) is 11.8 Å². The molecule has 0 amide bonds. The molecular formula is C12H12Br2N2O. The molecule has 0 aliphatic heterocycles. The molecule has 90 valence electrons. The van der Waals surface area contributed by atoms with E-state index in [-0.39, 0.29) is 4.83 Å². The Hall–Kier alpha value is -0.680. The van der Waals surface area contributed by atoms with Crippen LogP contribution >= 0.6 is 31.9 Å². The van der Waals surface area contributed by atoms with Gasteiger partial charge in [0.25, 0.3) is 0 Å². The van der Waals surface area contributed by atoms with Gasteiger partial charge >= 0.3 is 0 Å². The van der Waals surface area contributed by atoms with Crippen molar-refractivity contribution in [3.05, 3.63) is 34.1 Å². The Morgan fingerprint density at radius 1 is 1.35 bits per heavy atom. The molecule has 2 aromatic rings. The summed E-state index contributed by atoms with van der Waals surface area (Å²) in [5, 5.41) is 8.11. The van der Waals surface area contributed by atoms with Gasteiger partial charge in [-0.25, -0.2) is 0 Å². The normalized spacial score (nSPS) is 12.7. The highest BCUT2D eigenvalue weighted by Crippen LogP contribution is 2.31. The van der Waals surface area contributed by atoms with E-state index in [1.165, 1.54) is 5.56 Å². The monoisotopic (exact) mass is 358 g/mol. The topological polar surface area (TPSA) is 38.9 Å². The first kappa shape index (κ1) is 12.8. The zero-order valence-corrected chi connectivity index (χ0v) is 12.7. The van der Waals surface area contributed by atoms with Gasteiger partial charge in [-0.05, 0) is 47.0 Å². The van der Waals surface area contributed by atoms with Gasteiger partial charge < -0.3 is 4.42 Å². The quantitative estimate of drug-likeness (QED) is 0.748. The molecule has 0 saturated heterocycles. The maximum atomic E-state index is 5.64. The lowest BCUT2D eigenvalue weighted by molar-refractivity contribution is 0.500. The van der Waals surface area contributed by atoms with Gasteiger partial charge in [0.15, 0.2) is 0 Å². The molecule has 0 spiro atoms. The predicted octanol–water partition coefficient (Wildman–Crippen LogP) is 4.65. The van der Waals surface area contributed by atoms with E-state index in [1.54, 1.807) is 0 Å². The van der Waals surface area contributed by atoms with Crippen LogP contribution in [-0.2, 0) is 0 Å². The molecular weight excluding hydrogens is 348 g/mol. The van der Waals surface area contributed by atoms with Crippen molar-refractivity contribution in [2.24, 2.45) is 0 Å². The Kier molecular flexibility index (Phi) is 3.99. The first-order chi connectivity index (χ1) is 8.11. The Morgan fingerprint density at radius 3 is 2.76 bits per heavy atom. The van der Waals surface area contributed by atoms with Crippen LogP contribution in [-0.4, -0.2) is 10.2 Å². The number of aromatic nitrogens is 2. The largest absolute Gasteiger partial charge is 0.419 e. The maximum Gasteiger partial charge on any atom is 0.248 e. The molecule has 0 bridgehead atoms. The highest BCUT2D eigenvalue weighted by Gasteiger charge is 2.16. The van der Waals surface area contributed by atoms with Crippen LogP contribution in [0.25, 0.3) is 11.5 Å². The molecule has 0 saturated carbocycles. The van der Waals surface area contributed by atoms with Crippen LogP contribution in [0.4, 0.5) is 0 Å². The highest BCUT2D eigenvalue weighted by molar-refractivity contribution is 9.10. The van der Waals surface area contributed by atoms with Crippen LogP contribution in [0.3, 0.4) is 0 Å². The minimum absolute atomic E-state index is 0.118. The Labute approximate surface area is 117 Å². The third-order valence-corrected chi connectivity index (χ3v) is 4.12. The number of hydrogen-bond acceptors (Lipinski definition) is 3. The molecule has 17 heavy (non-hydrogen) atoms. The average Bonchev–Trinajstić information content (AvgIpc) is 2.77. The molecule has 1 aromatic carbocycles. The third-order valence-electron chi connectivity index (χ3n) is 2.42. The van der Waals surface area contributed by atoms with Crippen LogP contribution in [0.2, 0.25) is 0 Å². The number of halogens is 2. The van der Waals surface area contributed by atoms with Gasteiger partial charge in [-0.15, -0.1) is 10.2 Å². The van der Waals surface area contributed by atoms with Gasteiger partial charge in [0, 0.05) is 4.47 Å². The van der Waals surface area contributed by atoms with E-state index in [0.29, 0.717) is 11.8 Å².